The first kappa shape index (κ1) is 16.3. The minimum absolute atomic E-state index is 0.0279. The van der Waals surface area contributed by atoms with Gasteiger partial charge in [-0.05, 0) is 20.0 Å². The molecule has 1 saturated heterocycles. The lowest BCUT2D eigenvalue weighted by Gasteiger charge is -2.37. The van der Waals surface area contributed by atoms with Crippen LogP contribution in [-0.2, 0) is 6.54 Å². The summed E-state index contributed by atoms with van der Waals surface area (Å²) >= 11 is 6.01. The summed E-state index contributed by atoms with van der Waals surface area (Å²) in [7, 11) is 4.07. The highest BCUT2D eigenvalue weighted by Gasteiger charge is 2.25. The lowest BCUT2D eigenvalue weighted by molar-refractivity contribution is 0.101. The van der Waals surface area contributed by atoms with Crippen LogP contribution in [0.2, 0.25) is 5.15 Å². The monoisotopic (exact) mass is 314 g/mol. The van der Waals surface area contributed by atoms with Crippen molar-refractivity contribution in [3.05, 3.63) is 31.6 Å². The van der Waals surface area contributed by atoms with Crippen LogP contribution in [0.25, 0.3) is 0 Å². The van der Waals surface area contributed by atoms with Crippen LogP contribution in [0.4, 0.5) is 0 Å². The maximum atomic E-state index is 12.5. The zero-order valence-corrected chi connectivity index (χ0v) is 13.8. The molecule has 1 fully saturated rings. The normalized spacial score (nSPS) is 21.1. The van der Waals surface area contributed by atoms with E-state index in [2.05, 4.69) is 21.8 Å². The molecule has 0 aliphatic carbocycles. The Hall–Kier alpha value is -1.11. The number of halogens is 1. The molecule has 1 N–H and O–H groups in total. The van der Waals surface area contributed by atoms with Crippen LogP contribution in [0.5, 0.6) is 0 Å². The fourth-order valence-electron chi connectivity index (χ4n) is 2.74. The van der Waals surface area contributed by atoms with Crippen molar-refractivity contribution in [1.82, 2.24) is 19.4 Å². The fraction of sp³-hybridized carbons (Fsp3) is 0.714. The average molecular weight is 315 g/mol. The molecule has 0 saturated carbocycles. The van der Waals surface area contributed by atoms with Gasteiger partial charge in [-0.15, -0.1) is 0 Å². The highest BCUT2D eigenvalue weighted by atomic mass is 35.5. The van der Waals surface area contributed by atoms with E-state index in [0.29, 0.717) is 12.1 Å². The zero-order valence-electron chi connectivity index (χ0n) is 13.0. The first-order valence-electron chi connectivity index (χ1n) is 7.22. The molecule has 0 radical (unpaired) electrons. The number of hydrogen-bond acceptors (Lipinski definition) is 4. The summed E-state index contributed by atoms with van der Waals surface area (Å²) in [6, 6.07) is 0.142. The Morgan fingerprint density at radius 1 is 1.29 bits per heavy atom. The summed E-state index contributed by atoms with van der Waals surface area (Å²) in [5, 5.41) is 0.158. The lowest BCUT2D eigenvalue weighted by Crippen LogP contribution is -2.54. The highest BCUT2D eigenvalue weighted by Crippen LogP contribution is 2.16. The largest absolute Gasteiger partial charge is 0.329 e. The van der Waals surface area contributed by atoms with Crippen molar-refractivity contribution in [1.29, 1.82) is 0 Å². The Bertz CT molecular complexity index is 622. The first-order valence-corrected chi connectivity index (χ1v) is 7.60. The van der Waals surface area contributed by atoms with Gasteiger partial charge >= 0.3 is 5.69 Å². The third-order valence-electron chi connectivity index (χ3n) is 4.12. The first-order chi connectivity index (χ1) is 9.81. The molecule has 1 aromatic heterocycles. The molecule has 0 bridgehead atoms. The molecule has 0 amide bonds. The molecule has 7 heteroatoms. The van der Waals surface area contributed by atoms with Gasteiger partial charge in [0.05, 0.1) is 5.56 Å². The number of likely N-dealkylation sites (N-methyl/N-ethyl adjacent to an activating group) is 2. The third kappa shape index (κ3) is 3.39. The van der Waals surface area contributed by atoms with Gasteiger partial charge in [-0.25, -0.2) is 4.79 Å². The van der Waals surface area contributed by atoms with Gasteiger partial charge in [0.15, 0.2) is 0 Å². The van der Waals surface area contributed by atoms with Crippen LogP contribution >= 0.6 is 11.6 Å². The third-order valence-corrected chi connectivity index (χ3v) is 4.42. The maximum Gasteiger partial charge on any atom is 0.329 e. The molecule has 118 valence electrons. The fourth-order valence-corrected chi connectivity index (χ4v) is 3.12. The molecule has 0 aromatic carbocycles. The summed E-state index contributed by atoms with van der Waals surface area (Å²) in [6.45, 7) is 6.93. The molecule has 2 rings (SSSR count). The smallest absolute Gasteiger partial charge is 0.303 e. The number of rotatable bonds is 3. The van der Waals surface area contributed by atoms with E-state index in [0.717, 1.165) is 19.6 Å². The van der Waals surface area contributed by atoms with E-state index in [-0.39, 0.29) is 22.7 Å². The van der Waals surface area contributed by atoms with Crippen LogP contribution in [0.3, 0.4) is 0 Å². The van der Waals surface area contributed by atoms with Crippen molar-refractivity contribution < 1.29 is 0 Å². The number of nitrogens with zero attached hydrogens (tertiary/aromatic N) is 3. The quantitative estimate of drug-likeness (QED) is 0.828. The Kier molecular flexibility index (Phi) is 4.91. The Labute approximate surface area is 129 Å². The molecule has 1 aliphatic heterocycles. The van der Waals surface area contributed by atoms with Gasteiger partial charge in [0.1, 0.15) is 5.15 Å². The van der Waals surface area contributed by atoms with Crippen LogP contribution in [-0.4, -0.2) is 59.1 Å². The maximum absolute atomic E-state index is 12.5. The number of nitrogens with one attached hydrogen (secondary N) is 1. The average Bonchev–Trinajstić information content (AvgIpc) is 2.37. The Morgan fingerprint density at radius 3 is 2.57 bits per heavy atom. The molecule has 1 aromatic rings. The Morgan fingerprint density at radius 2 is 1.95 bits per heavy atom. The van der Waals surface area contributed by atoms with Crippen molar-refractivity contribution in [3.8, 4) is 0 Å². The van der Waals surface area contributed by atoms with Crippen molar-refractivity contribution in [2.75, 3.05) is 33.7 Å². The van der Waals surface area contributed by atoms with E-state index in [1.54, 1.807) is 0 Å². The van der Waals surface area contributed by atoms with E-state index >= 15 is 0 Å². The van der Waals surface area contributed by atoms with Crippen molar-refractivity contribution in [2.45, 2.75) is 32.4 Å². The van der Waals surface area contributed by atoms with Gasteiger partial charge in [-0.3, -0.25) is 19.2 Å². The number of piperazine rings is 1. The summed E-state index contributed by atoms with van der Waals surface area (Å²) in [6.07, 6.45) is 0. The highest BCUT2D eigenvalue weighted by molar-refractivity contribution is 6.30. The molecular formula is C14H23ClN4O2. The molecule has 21 heavy (non-hydrogen) atoms. The van der Waals surface area contributed by atoms with E-state index in [9.17, 15) is 9.59 Å². The molecule has 1 atom stereocenters. The van der Waals surface area contributed by atoms with Crippen LogP contribution in [0.1, 0.15) is 25.3 Å². The summed E-state index contributed by atoms with van der Waals surface area (Å²) in [5.41, 5.74) is -0.237. The molecule has 1 aliphatic rings. The van der Waals surface area contributed by atoms with Crippen LogP contribution < -0.4 is 11.2 Å². The van der Waals surface area contributed by atoms with Gasteiger partial charge in [0, 0.05) is 32.2 Å². The summed E-state index contributed by atoms with van der Waals surface area (Å²) in [5.74, 6) is -0.0279. The Balaban J connectivity index is 2.38. The van der Waals surface area contributed by atoms with Gasteiger partial charge in [0.25, 0.3) is 5.56 Å². The second-order valence-corrected chi connectivity index (χ2v) is 6.50. The predicted molar refractivity (Wildman–Crippen MR) is 84.3 cm³/mol. The van der Waals surface area contributed by atoms with Gasteiger partial charge in [-0.1, -0.05) is 25.4 Å². The van der Waals surface area contributed by atoms with Crippen LogP contribution in [0, 0.1) is 0 Å². The predicted octanol–water partition coefficient (Wildman–Crippen LogP) is 0.559. The standard InChI is InChI=1S/C14H23ClN4O2/c1-9(2)11-12(15)16-14(21)19(13(11)20)8-10-7-17(3)5-6-18(10)4/h9-10H,5-8H2,1-4H3,(H,16,21). The number of aromatic nitrogens is 2. The van der Waals surface area contributed by atoms with E-state index in [1.165, 1.54) is 4.57 Å². The molecule has 0 spiro atoms. The van der Waals surface area contributed by atoms with Gasteiger partial charge < -0.3 is 4.90 Å². The molecule has 2 heterocycles. The second-order valence-electron chi connectivity index (χ2n) is 6.12. The number of H-pyrrole nitrogens is 1. The minimum atomic E-state index is -0.434. The minimum Gasteiger partial charge on any atom is -0.303 e. The lowest BCUT2D eigenvalue weighted by atomic mass is 10.1. The number of aromatic amines is 1. The molecule has 6 nitrogen and oxygen atoms in total. The van der Waals surface area contributed by atoms with Crippen molar-refractivity contribution >= 4 is 11.6 Å². The van der Waals surface area contributed by atoms with E-state index in [1.807, 2.05) is 20.9 Å². The van der Waals surface area contributed by atoms with E-state index < -0.39 is 5.69 Å². The second kappa shape index (κ2) is 6.34. The van der Waals surface area contributed by atoms with Gasteiger partial charge in [-0.2, -0.15) is 0 Å². The van der Waals surface area contributed by atoms with Crippen molar-refractivity contribution in [2.24, 2.45) is 0 Å². The SMILES string of the molecule is CC(C)c1c(Cl)[nH]c(=O)n(CC2CN(C)CCN2C)c1=O. The summed E-state index contributed by atoms with van der Waals surface area (Å²) in [4.78, 5) is 31.6. The molecule has 1 unspecified atom stereocenters. The van der Waals surface area contributed by atoms with Crippen LogP contribution in [0.15, 0.2) is 9.59 Å². The topological polar surface area (TPSA) is 61.3 Å². The molecular weight excluding hydrogens is 292 g/mol. The van der Waals surface area contributed by atoms with Gasteiger partial charge in [0.2, 0.25) is 0 Å². The number of hydrogen-bond donors (Lipinski definition) is 1. The zero-order chi connectivity index (χ0) is 15.7. The van der Waals surface area contributed by atoms with Crippen molar-refractivity contribution in [3.63, 3.8) is 0 Å². The summed E-state index contributed by atoms with van der Waals surface area (Å²) < 4.78 is 1.28. The van der Waals surface area contributed by atoms with E-state index in [4.69, 9.17) is 11.6 Å².